The van der Waals surface area contributed by atoms with E-state index in [0.29, 0.717) is 37.9 Å². The molecule has 8 nitrogen and oxygen atoms in total. The molecule has 0 spiro atoms. The Balaban J connectivity index is 1.65. The quantitative estimate of drug-likeness (QED) is 0.169. The number of para-hydroxylation sites is 1. The summed E-state index contributed by atoms with van der Waals surface area (Å²) < 4.78 is 10.7. The van der Waals surface area contributed by atoms with Crippen LogP contribution in [0.4, 0.5) is 10.5 Å². The first-order valence-corrected chi connectivity index (χ1v) is 10.5. The lowest BCUT2D eigenvalue weighted by Gasteiger charge is -2.31. The van der Waals surface area contributed by atoms with Crippen LogP contribution < -0.4 is 0 Å². The summed E-state index contributed by atoms with van der Waals surface area (Å²) >= 11 is 0. The number of carbonyl (C=O) groups is 2. The van der Waals surface area contributed by atoms with Gasteiger partial charge in [0.2, 0.25) is 0 Å². The van der Waals surface area contributed by atoms with Crippen LogP contribution in [-0.4, -0.2) is 41.1 Å². The lowest BCUT2D eigenvalue weighted by atomic mass is 10.1. The van der Waals surface area contributed by atoms with Gasteiger partial charge in [-0.3, -0.25) is 14.9 Å². The molecule has 0 saturated carbocycles. The van der Waals surface area contributed by atoms with Gasteiger partial charge in [-0.2, -0.15) is 0 Å². The molecule has 1 saturated heterocycles. The lowest BCUT2D eigenvalue weighted by Crippen LogP contribution is -2.41. The number of carbonyl (C=O) groups excluding carboxylic acids is 2. The maximum absolute atomic E-state index is 12.3. The molecule has 2 rings (SSSR count). The van der Waals surface area contributed by atoms with Gasteiger partial charge in [-0.1, -0.05) is 31.1 Å². The second kappa shape index (κ2) is 12.6. The van der Waals surface area contributed by atoms with Gasteiger partial charge in [0.1, 0.15) is 12.7 Å². The Kier molecular flexibility index (Phi) is 9.83. The standard InChI is InChI=1S/C22H30N2O6/c1-2-3-4-5-6-7-12-21(25)30-19-13-15-23(16-14-19)22(26)29-17-18-10-8-9-11-20(18)24(27)28/h2,8-11,19H,1,3-7,12-17H2. The van der Waals surface area contributed by atoms with Crippen LogP contribution in [0, 0.1) is 10.1 Å². The Morgan fingerprint density at radius 1 is 1.17 bits per heavy atom. The van der Waals surface area contributed by atoms with Crippen LogP contribution in [-0.2, 0) is 20.9 Å². The highest BCUT2D eigenvalue weighted by Crippen LogP contribution is 2.20. The predicted octanol–water partition coefficient (Wildman–Crippen LogP) is 4.77. The second-order valence-electron chi connectivity index (χ2n) is 7.36. The van der Waals surface area contributed by atoms with Gasteiger partial charge in [-0.25, -0.2) is 4.79 Å². The molecule has 1 amide bonds. The summed E-state index contributed by atoms with van der Waals surface area (Å²) in [7, 11) is 0. The maximum atomic E-state index is 12.3. The Bertz CT molecular complexity index is 728. The minimum absolute atomic E-state index is 0.0726. The van der Waals surface area contributed by atoms with E-state index < -0.39 is 11.0 Å². The van der Waals surface area contributed by atoms with E-state index >= 15 is 0 Å². The van der Waals surface area contributed by atoms with Crippen molar-refractivity contribution in [3.63, 3.8) is 0 Å². The summed E-state index contributed by atoms with van der Waals surface area (Å²) in [4.78, 5) is 36.3. The largest absolute Gasteiger partial charge is 0.462 e. The molecule has 0 aromatic heterocycles. The number of nitro benzene ring substituents is 1. The number of amides is 1. The van der Waals surface area contributed by atoms with Crippen molar-refractivity contribution in [2.45, 2.75) is 64.1 Å². The van der Waals surface area contributed by atoms with Crippen LogP contribution in [0.3, 0.4) is 0 Å². The van der Waals surface area contributed by atoms with Crippen molar-refractivity contribution in [1.82, 2.24) is 4.90 Å². The number of rotatable bonds is 11. The molecule has 1 aromatic carbocycles. The summed E-state index contributed by atoms with van der Waals surface area (Å²) in [6, 6.07) is 6.18. The number of unbranched alkanes of at least 4 members (excludes halogenated alkanes) is 4. The third-order valence-electron chi connectivity index (χ3n) is 5.08. The zero-order valence-corrected chi connectivity index (χ0v) is 17.3. The second-order valence-corrected chi connectivity index (χ2v) is 7.36. The third-order valence-corrected chi connectivity index (χ3v) is 5.08. The van der Waals surface area contributed by atoms with E-state index in [4.69, 9.17) is 9.47 Å². The van der Waals surface area contributed by atoms with Crippen molar-refractivity contribution in [2.24, 2.45) is 0 Å². The Labute approximate surface area is 177 Å². The monoisotopic (exact) mass is 418 g/mol. The van der Waals surface area contributed by atoms with Crippen molar-refractivity contribution in [2.75, 3.05) is 13.1 Å². The van der Waals surface area contributed by atoms with Crippen molar-refractivity contribution >= 4 is 17.7 Å². The van der Waals surface area contributed by atoms with Gasteiger partial charge in [0, 0.05) is 38.4 Å². The fourth-order valence-electron chi connectivity index (χ4n) is 3.35. The smallest absolute Gasteiger partial charge is 0.410 e. The first-order chi connectivity index (χ1) is 14.5. The number of nitro groups is 1. The van der Waals surface area contributed by atoms with Crippen molar-refractivity contribution in [3.8, 4) is 0 Å². The molecule has 1 aromatic rings. The summed E-state index contributed by atoms with van der Waals surface area (Å²) in [5, 5.41) is 11.0. The SMILES string of the molecule is C=CCCCCCCC(=O)OC1CCN(C(=O)OCc2ccccc2[N+](=O)[O-])CC1. The van der Waals surface area contributed by atoms with E-state index in [1.165, 1.54) is 6.07 Å². The molecule has 1 heterocycles. The van der Waals surface area contributed by atoms with E-state index in [1.807, 2.05) is 6.08 Å². The van der Waals surface area contributed by atoms with Gasteiger partial charge >= 0.3 is 12.1 Å². The minimum Gasteiger partial charge on any atom is -0.462 e. The number of piperidine rings is 1. The number of hydrogen-bond donors (Lipinski definition) is 0. The van der Waals surface area contributed by atoms with Gasteiger partial charge in [-0.05, 0) is 25.3 Å². The first-order valence-electron chi connectivity index (χ1n) is 10.5. The minimum atomic E-state index is -0.516. The lowest BCUT2D eigenvalue weighted by molar-refractivity contribution is -0.385. The first kappa shape index (κ1) is 23.4. The van der Waals surface area contributed by atoms with E-state index in [-0.39, 0.29) is 24.4 Å². The highest BCUT2D eigenvalue weighted by Gasteiger charge is 2.26. The van der Waals surface area contributed by atoms with Crippen molar-refractivity contribution in [1.29, 1.82) is 0 Å². The van der Waals surface area contributed by atoms with Crippen molar-refractivity contribution < 1.29 is 24.0 Å². The number of allylic oxidation sites excluding steroid dienone is 1. The van der Waals surface area contributed by atoms with Gasteiger partial charge in [-0.15, -0.1) is 6.58 Å². The summed E-state index contributed by atoms with van der Waals surface area (Å²) in [5.41, 5.74) is 0.279. The predicted molar refractivity (Wildman–Crippen MR) is 112 cm³/mol. The van der Waals surface area contributed by atoms with Crippen LogP contribution >= 0.6 is 0 Å². The molecule has 1 fully saturated rings. The summed E-state index contributed by atoms with van der Waals surface area (Å²) in [6.45, 7) is 4.39. The molecule has 0 N–H and O–H groups in total. The van der Waals surface area contributed by atoms with E-state index in [9.17, 15) is 19.7 Å². The zero-order valence-electron chi connectivity index (χ0n) is 17.3. The van der Waals surface area contributed by atoms with Gasteiger partial charge in [0.15, 0.2) is 0 Å². The van der Waals surface area contributed by atoms with E-state index in [2.05, 4.69) is 6.58 Å². The molecule has 0 aliphatic carbocycles. The molecule has 0 atom stereocenters. The number of hydrogen-bond acceptors (Lipinski definition) is 6. The number of ether oxygens (including phenoxy) is 2. The van der Waals surface area contributed by atoms with Crippen LogP contribution in [0.15, 0.2) is 36.9 Å². The Morgan fingerprint density at radius 3 is 2.57 bits per heavy atom. The number of benzene rings is 1. The average molecular weight is 418 g/mol. The van der Waals surface area contributed by atoms with Crippen LogP contribution in [0.5, 0.6) is 0 Å². The van der Waals surface area contributed by atoms with E-state index in [1.54, 1.807) is 23.1 Å². The molecular formula is C22H30N2O6. The van der Waals surface area contributed by atoms with Crippen molar-refractivity contribution in [3.05, 3.63) is 52.6 Å². The zero-order chi connectivity index (χ0) is 21.8. The Morgan fingerprint density at radius 2 is 1.87 bits per heavy atom. The van der Waals surface area contributed by atoms with Crippen LogP contribution in [0.25, 0.3) is 0 Å². The number of nitrogens with zero attached hydrogens (tertiary/aromatic N) is 2. The normalized spacial score (nSPS) is 14.2. The summed E-state index contributed by atoms with van der Waals surface area (Å²) in [6.07, 6.45) is 7.78. The average Bonchev–Trinajstić information content (AvgIpc) is 2.75. The Hall–Kier alpha value is -2.90. The topological polar surface area (TPSA) is 99.0 Å². The fraction of sp³-hybridized carbons (Fsp3) is 0.545. The molecule has 164 valence electrons. The number of likely N-dealkylation sites (tertiary alicyclic amines) is 1. The maximum Gasteiger partial charge on any atom is 0.410 e. The highest BCUT2D eigenvalue weighted by atomic mass is 16.6. The summed E-state index contributed by atoms with van der Waals surface area (Å²) in [5.74, 6) is -0.184. The molecule has 0 bridgehead atoms. The molecule has 0 radical (unpaired) electrons. The van der Waals surface area contributed by atoms with Gasteiger partial charge in [0.05, 0.1) is 10.5 Å². The third kappa shape index (κ3) is 7.85. The van der Waals surface area contributed by atoms with Gasteiger partial charge in [0.25, 0.3) is 5.69 Å². The van der Waals surface area contributed by atoms with Gasteiger partial charge < -0.3 is 14.4 Å². The fourth-order valence-corrected chi connectivity index (χ4v) is 3.35. The van der Waals surface area contributed by atoms with Crippen LogP contribution in [0.1, 0.15) is 56.9 Å². The molecule has 0 unspecified atom stereocenters. The molecule has 1 aliphatic rings. The highest BCUT2D eigenvalue weighted by molar-refractivity contribution is 5.70. The molecule has 30 heavy (non-hydrogen) atoms. The molecular weight excluding hydrogens is 388 g/mol. The number of esters is 1. The van der Waals surface area contributed by atoms with E-state index in [0.717, 1.165) is 32.1 Å². The van der Waals surface area contributed by atoms with Crippen LogP contribution in [0.2, 0.25) is 0 Å². The molecule has 1 aliphatic heterocycles. The molecule has 8 heteroatoms.